The quantitative estimate of drug-likeness (QED) is 0.646. The van der Waals surface area contributed by atoms with Gasteiger partial charge in [0.05, 0.1) is 0 Å². The Kier molecular flexibility index (Phi) is 6.10. The van der Waals surface area contributed by atoms with Crippen LogP contribution in [-0.4, -0.2) is 19.2 Å². The Morgan fingerprint density at radius 1 is 0.920 bits per heavy atom. The van der Waals surface area contributed by atoms with Gasteiger partial charge in [-0.2, -0.15) is 0 Å². The highest BCUT2D eigenvalue weighted by Gasteiger charge is 2.28. The van der Waals surface area contributed by atoms with E-state index in [9.17, 15) is 4.79 Å². The number of carbonyl (C=O) groups is 1. The second-order valence-corrected chi connectivity index (χ2v) is 6.67. The van der Waals surface area contributed by atoms with E-state index < -0.39 is 0 Å². The average Bonchev–Trinajstić information content (AvgIpc) is 2.97. The second kappa shape index (κ2) is 8.70. The third-order valence-corrected chi connectivity index (χ3v) is 4.89. The van der Waals surface area contributed by atoms with Gasteiger partial charge >= 0.3 is 6.09 Å². The van der Waals surface area contributed by atoms with Crippen LogP contribution in [0.25, 0.3) is 11.1 Å². The Bertz CT molecular complexity index is 665. The summed E-state index contributed by atoms with van der Waals surface area (Å²) in [5, 5.41) is 2.87. The zero-order valence-electron chi connectivity index (χ0n) is 15.0. The van der Waals surface area contributed by atoms with Gasteiger partial charge in [0.25, 0.3) is 0 Å². The standard InChI is InChI=1S/C22H27NO2/c1-2-3-4-5-10-15-23-22(24)25-16-21-19-13-8-6-11-17(19)18-12-7-9-14-20(18)21/h6-9,11-14,21H,2-5,10,15-16H2,1H3,(H,23,24). The number of amides is 1. The number of carbonyl (C=O) groups excluding carboxylic acids is 1. The molecule has 0 aliphatic heterocycles. The Morgan fingerprint density at radius 2 is 1.52 bits per heavy atom. The highest BCUT2D eigenvalue weighted by Crippen LogP contribution is 2.44. The van der Waals surface area contributed by atoms with E-state index in [2.05, 4.69) is 48.6 Å². The molecule has 0 saturated heterocycles. The smallest absolute Gasteiger partial charge is 0.407 e. The predicted octanol–water partition coefficient (Wildman–Crippen LogP) is 5.50. The molecule has 0 saturated carbocycles. The molecule has 2 aromatic carbocycles. The number of hydrogen-bond donors (Lipinski definition) is 1. The number of fused-ring (bicyclic) bond motifs is 3. The molecule has 1 N–H and O–H groups in total. The molecule has 3 nitrogen and oxygen atoms in total. The summed E-state index contributed by atoms with van der Waals surface area (Å²) in [6.45, 7) is 3.28. The van der Waals surface area contributed by atoms with E-state index in [1.54, 1.807) is 0 Å². The molecule has 132 valence electrons. The molecule has 3 heteroatoms. The molecule has 0 atom stereocenters. The van der Waals surface area contributed by atoms with Crippen LogP contribution in [0.4, 0.5) is 4.79 Å². The van der Waals surface area contributed by atoms with Gasteiger partial charge < -0.3 is 10.1 Å². The Labute approximate surface area is 150 Å². The molecule has 0 unspecified atom stereocenters. The van der Waals surface area contributed by atoms with E-state index in [1.807, 2.05) is 12.1 Å². The summed E-state index contributed by atoms with van der Waals surface area (Å²) in [6, 6.07) is 16.8. The predicted molar refractivity (Wildman–Crippen MR) is 102 cm³/mol. The number of nitrogens with one attached hydrogen (secondary N) is 1. The molecule has 0 spiro atoms. The van der Waals surface area contributed by atoms with Crippen LogP contribution in [0.2, 0.25) is 0 Å². The zero-order valence-corrected chi connectivity index (χ0v) is 15.0. The van der Waals surface area contributed by atoms with Crippen LogP contribution in [0, 0.1) is 0 Å². The Morgan fingerprint density at radius 3 is 2.16 bits per heavy atom. The monoisotopic (exact) mass is 337 g/mol. The van der Waals surface area contributed by atoms with Crippen molar-refractivity contribution < 1.29 is 9.53 Å². The first kappa shape index (κ1) is 17.5. The molecule has 2 aromatic rings. The lowest BCUT2D eigenvalue weighted by atomic mass is 9.98. The van der Waals surface area contributed by atoms with E-state index >= 15 is 0 Å². The van der Waals surface area contributed by atoms with Crippen molar-refractivity contribution in [1.82, 2.24) is 5.32 Å². The second-order valence-electron chi connectivity index (χ2n) is 6.67. The van der Waals surface area contributed by atoms with Gasteiger partial charge in [-0.15, -0.1) is 0 Å². The average molecular weight is 337 g/mol. The van der Waals surface area contributed by atoms with Crippen LogP contribution in [0.1, 0.15) is 56.1 Å². The van der Waals surface area contributed by atoms with Crippen LogP contribution in [0.5, 0.6) is 0 Å². The van der Waals surface area contributed by atoms with Crippen LogP contribution < -0.4 is 5.32 Å². The first-order valence-corrected chi connectivity index (χ1v) is 9.40. The number of unbranched alkanes of at least 4 members (excludes halogenated alkanes) is 4. The molecule has 0 heterocycles. The van der Waals surface area contributed by atoms with E-state index in [4.69, 9.17) is 4.74 Å². The minimum Gasteiger partial charge on any atom is -0.449 e. The topological polar surface area (TPSA) is 38.3 Å². The zero-order chi connectivity index (χ0) is 17.5. The van der Waals surface area contributed by atoms with Gasteiger partial charge in [-0.05, 0) is 28.7 Å². The summed E-state index contributed by atoms with van der Waals surface area (Å²) < 4.78 is 5.52. The fraction of sp³-hybridized carbons (Fsp3) is 0.409. The van der Waals surface area contributed by atoms with Gasteiger partial charge in [-0.3, -0.25) is 0 Å². The summed E-state index contributed by atoms with van der Waals surface area (Å²) in [5.74, 6) is 0.128. The maximum absolute atomic E-state index is 12.0. The van der Waals surface area contributed by atoms with Crippen LogP contribution >= 0.6 is 0 Å². The van der Waals surface area contributed by atoms with Crippen molar-refractivity contribution in [3.05, 3.63) is 59.7 Å². The van der Waals surface area contributed by atoms with Crippen molar-refractivity contribution in [2.45, 2.75) is 44.9 Å². The first-order valence-electron chi connectivity index (χ1n) is 9.40. The summed E-state index contributed by atoms with van der Waals surface area (Å²) in [7, 11) is 0. The first-order chi connectivity index (χ1) is 12.3. The fourth-order valence-corrected chi connectivity index (χ4v) is 3.57. The van der Waals surface area contributed by atoms with E-state index in [-0.39, 0.29) is 12.0 Å². The highest BCUT2D eigenvalue weighted by atomic mass is 16.5. The number of benzene rings is 2. The van der Waals surface area contributed by atoms with E-state index in [0.717, 1.165) is 12.8 Å². The lowest BCUT2D eigenvalue weighted by Crippen LogP contribution is -2.27. The molecule has 0 bridgehead atoms. The number of alkyl carbamates (subject to hydrolysis) is 1. The third-order valence-electron chi connectivity index (χ3n) is 4.89. The summed E-state index contributed by atoms with van der Waals surface area (Å²) in [5.41, 5.74) is 5.00. The molecule has 0 aromatic heterocycles. The molecule has 0 fully saturated rings. The molecule has 1 aliphatic carbocycles. The maximum atomic E-state index is 12.0. The maximum Gasteiger partial charge on any atom is 0.407 e. The van der Waals surface area contributed by atoms with E-state index in [1.165, 1.54) is 41.5 Å². The molecule has 25 heavy (non-hydrogen) atoms. The van der Waals surface area contributed by atoms with Gasteiger partial charge in [0.15, 0.2) is 0 Å². The minimum absolute atomic E-state index is 0.128. The van der Waals surface area contributed by atoms with Crippen LogP contribution in [0.3, 0.4) is 0 Å². The van der Waals surface area contributed by atoms with Gasteiger partial charge in [-0.1, -0.05) is 81.1 Å². The number of hydrogen-bond acceptors (Lipinski definition) is 2. The van der Waals surface area contributed by atoms with Crippen LogP contribution in [-0.2, 0) is 4.74 Å². The SMILES string of the molecule is CCCCCCCNC(=O)OCC1c2ccccc2-c2ccccc21. The Balaban J connectivity index is 1.52. The van der Waals surface area contributed by atoms with Gasteiger partial charge in [0, 0.05) is 12.5 Å². The molecular weight excluding hydrogens is 310 g/mol. The van der Waals surface area contributed by atoms with E-state index in [0.29, 0.717) is 13.2 Å². The fourth-order valence-electron chi connectivity index (χ4n) is 3.57. The van der Waals surface area contributed by atoms with Gasteiger partial charge in [0.1, 0.15) is 6.61 Å². The molecule has 3 rings (SSSR count). The molecule has 1 aliphatic rings. The van der Waals surface area contributed by atoms with Crippen LogP contribution in [0.15, 0.2) is 48.5 Å². The largest absolute Gasteiger partial charge is 0.449 e. The lowest BCUT2D eigenvalue weighted by molar-refractivity contribution is 0.143. The van der Waals surface area contributed by atoms with Crippen molar-refractivity contribution >= 4 is 6.09 Å². The number of rotatable bonds is 8. The number of ether oxygens (including phenoxy) is 1. The molecule has 0 radical (unpaired) electrons. The summed E-state index contributed by atoms with van der Waals surface area (Å²) >= 11 is 0. The van der Waals surface area contributed by atoms with Crippen molar-refractivity contribution in [3.8, 4) is 11.1 Å². The third kappa shape index (κ3) is 4.22. The van der Waals surface area contributed by atoms with Crippen molar-refractivity contribution in [3.63, 3.8) is 0 Å². The van der Waals surface area contributed by atoms with Gasteiger partial charge in [0.2, 0.25) is 0 Å². The summed E-state index contributed by atoms with van der Waals surface area (Å²) in [4.78, 5) is 12.0. The van der Waals surface area contributed by atoms with Crippen molar-refractivity contribution in [1.29, 1.82) is 0 Å². The van der Waals surface area contributed by atoms with Gasteiger partial charge in [-0.25, -0.2) is 4.79 Å². The lowest BCUT2D eigenvalue weighted by Gasteiger charge is -2.14. The minimum atomic E-state index is -0.308. The summed E-state index contributed by atoms with van der Waals surface area (Å²) in [6.07, 6.45) is 5.62. The van der Waals surface area contributed by atoms with Crippen molar-refractivity contribution in [2.75, 3.05) is 13.2 Å². The normalized spacial score (nSPS) is 12.5. The van der Waals surface area contributed by atoms with Crippen molar-refractivity contribution in [2.24, 2.45) is 0 Å². The Hall–Kier alpha value is -2.29. The highest BCUT2D eigenvalue weighted by molar-refractivity contribution is 5.79. The molecule has 1 amide bonds. The molecular formula is C22H27NO2.